The van der Waals surface area contributed by atoms with E-state index in [2.05, 4.69) is 43.3 Å². The Labute approximate surface area is 85.5 Å². The molecule has 1 aromatic rings. The fourth-order valence-corrected chi connectivity index (χ4v) is 1.22. The van der Waals surface area contributed by atoms with Crippen molar-refractivity contribution in [2.24, 2.45) is 0 Å². The zero-order valence-corrected chi connectivity index (χ0v) is 8.57. The molecule has 0 spiro atoms. The van der Waals surface area contributed by atoms with Gasteiger partial charge in [0.1, 0.15) is 6.29 Å². The predicted molar refractivity (Wildman–Crippen MR) is 60.1 cm³/mol. The normalized spacial score (nSPS) is 10.6. The van der Waals surface area contributed by atoms with Crippen LogP contribution in [0.25, 0.3) is 6.08 Å². The molecule has 0 aliphatic rings. The number of benzene rings is 1. The average Bonchev–Trinajstić information content (AvgIpc) is 2.21. The van der Waals surface area contributed by atoms with Crippen LogP contribution in [0.3, 0.4) is 0 Å². The summed E-state index contributed by atoms with van der Waals surface area (Å²) >= 11 is 0. The zero-order valence-electron chi connectivity index (χ0n) is 8.57. The molecule has 0 atom stereocenters. The Bertz CT molecular complexity index is 296. The van der Waals surface area contributed by atoms with Crippen LogP contribution >= 0.6 is 0 Å². The molecule has 74 valence electrons. The van der Waals surface area contributed by atoms with Crippen molar-refractivity contribution in [3.8, 4) is 0 Å². The van der Waals surface area contributed by atoms with Crippen molar-refractivity contribution >= 4 is 12.4 Å². The van der Waals surface area contributed by atoms with Crippen molar-refractivity contribution < 1.29 is 4.79 Å². The SMILES string of the molecule is Cc1ccc(/C=C/CCCC=O)cc1. The first-order valence-electron chi connectivity index (χ1n) is 5.00. The Hall–Kier alpha value is -1.37. The van der Waals surface area contributed by atoms with Crippen molar-refractivity contribution in [2.75, 3.05) is 0 Å². The molecule has 1 nitrogen and oxygen atoms in total. The number of aldehydes is 1. The lowest BCUT2D eigenvalue weighted by Crippen LogP contribution is -1.75. The van der Waals surface area contributed by atoms with Gasteiger partial charge in [0.25, 0.3) is 0 Å². The number of unbranched alkanes of at least 4 members (excludes halogenated alkanes) is 2. The van der Waals surface area contributed by atoms with Gasteiger partial charge in [0, 0.05) is 6.42 Å². The number of carbonyl (C=O) groups excluding carboxylic acids is 1. The second-order valence-corrected chi connectivity index (χ2v) is 3.41. The summed E-state index contributed by atoms with van der Waals surface area (Å²) < 4.78 is 0. The Balaban J connectivity index is 2.36. The molecular weight excluding hydrogens is 172 g/mol. The standard InChI is InChI=1S/C13H16O/c1-12-7-9-13(10-8-12)6-4-2-3-5-11-14/h4,6-11H,2-3,5H2,1H3/b6-4+. The third kappa shape index (κ3) is 4.04. The molecular formula is C13H16O. The molecule has 0 aliphatic carbocycles. The number of hydrogen-bond acceptors (Lipinski definition) is 1. The fourth-order valence-electron chi connectivity index (χ4n) is 1.22. The van der Waals surface area contributed by atoms with E-state index in [9.17, 15) is 4.79 Å². The molecule has 0 aliphatic heterocycles. The molecule has 0 saturated heterocycles. The summed E-state index contributed by atoms with van der Waals surface area (Å²) in [4.78, 5) is 10.1. The van der Waals surface area contributed by atoms with Gasteiger partial charge < -0.3 is 4.79 Å². The Morgan fingerprint density at radius 3 is 2.50 bits per heavy atom. The number of allylic oxidation sites excluding steroid dienone is 1. The van der Waals surface area contributed by atoms with Crippen LogP contribution in [-0.2, 0) is 4.79 Å². The van der Waals surface area contributed by atoms with E-state index in [0.717, 1.165) is 19.1 Å². The maximum Gasteiger partial charge on any atom is 0.120 e. The summed E-state index contributed by atoms with van der Waals surface area (Å²) in [5, 5.41) is 0. The van der Waals surface area contributed by atoms with Gasteiger partial charge in [-0.1, -0.05) is 42.0 Å². The molecule has 0 unspecified atom stereocenters. The Kier molecular flexibility index (Phi) is 4.70. The van der Waals surface area contributed by atoms with Crippen LogP contribution in [0.2, 0.25) is 0 Å². The maximum absolute atomic E-state index is 10.1. The van der Waals surface area contributed by atoms with Crippen LogP contribution in [0.15, 0.2) is 30.3 Å². The second kappa shape index (κ2) is 6.14. The minimum atomic E-state index is 0.665. The lowest BCUT2D eigenvalue weighted by atomic mass is 10.1. The van der Waals surface area contributed by atoms with Crippen molar-refractivity contribution in [2.45, 2.75) is 26.2 Å². The molecule has 0 bridgehead atoms. The van der Waals surface area contributed by atoms with Crippen LogP contribution in [0, 0.1) is 6.92 Å². The number of rotatable bonds is 5. The van der Waals surface area contributed by atoms with Gasteiger partial charge in [-0.3, -0.25) is 0 Å². The van der Waals surface area contributed by atoms with Gasteiger partial charge >= 0.3 is 0 Å². The van der Waals surface area contributed by atoms with Gasteiger partial charge in [-0.25, -0.2) is 0 Å². The molecule has 0 aromatic heterocycles. The van der Waals surface area contributed by atoms with Crippen molar-refractivity contribution in [3.05, 3.63) is 41.5 Å². The summed E-state index contributed by atoms with van der Waals surface area (Å²) in [5.74, 6) is 0. The number of aryl methyl sites for hydroxylation is 1. The minimum Gasteiger partial charge on any atom is -0.303 e. The van der Waals surface area contributed by atoms with Crippen molar-refractivity contribution in [3.63, 3.8) is 0 Å². The lowest BCUT2D eigenvalue weighted by Gasteiger charge is -1.94. The van der Waals surface area contributed by atoms with Crippen molar-refractivity contribution in [1.29, 1.82) is 0 Å². The summed E-state index contributed by atoms with van der Waals surface area (Å²) in [6, 6.07) is 8.41. The quantitative estimate of drug-likeness (QED) is 0.511. The predicted octanol–water partition coefficient (Wildman–Crippen LogP) is 3.38. The second-order valence-electron chi connectivity index (χ2n) is 3.41. The highest BCUT2D eigenvalue weighted by Crippen LogP contribution is 2.06. The molecule has 1 rings (SSSR count). The van der Waals surface area contributed by atoms with Gasteiger partial charge in [0.2, 0.25) is 0 Å². The van der Waals surface area contributed by atoms with Crippen LogP contribution < -0.4 is 0 Å². The maximum atomic E-state index is 10.1. The van der Waals surface area contributed by atoms with E-state index >= 15 is 0 Å². The first-order chi connectivity index (χ1) is 6.83. The summed E-state index contributed by atoms with van der Waals surface area (Å²) in [7, 11) is 0. The third-order valence-electron chi connectivity index (χ3n) is 2.08. The van der Waals surface area contributed by atoms with E-state index in [0.29, 0.717) is 6.42 Å². The van der Waals surface area contributed by atoms with E-state index in [1.54, 1.807) is 0 Å². The molecule has 0 radical (unpaired) electrons. The van der Waals surface area contributed by atoms with Crippen LogP contribution in [0.4, 0.5) is 0 Å². The molecule has 1 aromatic carbocycles. The van der Waals surface area contributed by atoms with Crippen LogP contribution in [-0.4, -0.2) is 6.29 Å². The third-order valence-corrected chi connectivity index (χ3v) is 2.08. The Morgan fingerprint density at radius 2 is 1.86 bits per heavy atom. The van der Waals surface area contributed by atoms with E-state index in [1.165, 1.54) is 11.1 Å². The minimum absolute atomic E-state index is 0.665. The summed E-state index contributed by atoms with van der Waals surface area (Å²) in [6.45, 7) is 2.08. The van der Waals surface area contributed by atoms with Gasteiger partial charge in [-0.05, 0) is 25.3 Å². The molecule has 14 heavy (non-hydrogen) atoms. The van der Waals surface area contributed by atoms with Gasteiger partial charge in [0.05, 0.1) is 0 Å². The smallest absolute Gasteiger partial charge is 0.120 e. The first-order valence-corrected chi connectivity index (χ1v) is 5.00. The fraction of sp³-hybridized carbons (Fsp3) is 0.308. The highest BCUT2D eigenvalue weighted by Gasteiger charge is 1.86. The highest BCUT2D eigenvalue weighted by atomic mass is 16.1. The topological polar surface area (TPSA) is 17.1 Å². The van der Waals surface area contributed by atoms with Crippen LogP contribution in [0.1, 0.15) is 30.4 Å². The average molecular weight is 188 g/mol. The largest absolute Gasteiger partial charge is 0.303 e. The zero-order chi connectivity index (χ0) is 10.2. The molecule has 0 fully saturated rings. The molecule has 0 saturated carbocycles. The first kappa shape index (κ1) is 10.7. The summed E-state index contributed by atoms with van der Waals surface area (Å²) in [6.07, 6.45) is 7.79. The van der Waals surface area contributed by atoms with Crippen LogP contribution in [0.5, 0.6) is 0 Å². The molecule has 1 heteroatoms. The monoisotopic (exact) mass is 188 g/mol. The molecule has 0 amide bonds. The van der Waals surface area contributed by atoms with E-state index in [1.807, 2.05) is 0 Å². The lowest BCUT2D eigenvalue weighted by molar-refractivity contribution is -0.107. The van der Waals surface area contributed by atoms with Gasteiger partial charge in [-0.2, -0.15) is 0 Å². The summed E-state index contributed by atoms with van der Waals surface area (Å²) in [5.41, 5.74) is 2.50. The van der Waals surface area contributed by atoms with Gasteiger partial charge in [-0.15, -0.1) is 0 Å². The van der Waals surface area contributed by atoms with E-state index in [4.69, 9.17) is 0 Å². The molecule has 0 heterocycles. The van der Waals surface area contributed by atoms with Gasteiger partial charge in [0.15, 0.2) is 0 Å². The molecule has 0 N–H and O–H groups in total. The number of carbonyl (C=O) groups is 1. The Morgan fingerprint density at radius 1 is 1.14 bits per heavy atom. The van der Waals surface area contributed by atoms with E-state index < -0.39 is 0 Å². The van der Waals surface area contributed by atoms with E-state index in [-0.39, 0.29) is 0 Å². The van der Waals surface area contributed by atoms with Crippen molar-refractivity contribution in [1.82, 2.24) is 0 Å². The highest BCUT2D eigenvalue weighted by molar-refractivity contribution is 5.50. The number of hydrogen-bond donors (Lipinski definition) is 0.